The second-order valence-corrected chi connectivity index (χ2v) is 8.16. The van der Waals surface area contributed by atoms with Crippen molar-refractivity contribution < 1.29 is 14.7 Å². The van der Waals surface area contributed by atoms with Crippen LogP contribution in [0.15, 0.2) is 10.9 Å². The van der Waals surface area contributed by atoms with E-state index in [1.807, 2.05) is 38.8 Å². The number of pyridine rings is 1. The van der Waals surface area contributed by atoms with E-state index in [4.69, 9.17) is 0 Å². The number of likely N-dealkylation sites (tertiary alicyclic amines) is 2. The molecule has 1 amide bonds. The van der Waals surface area contributed by atoms with Crippen LogP contribution in [0.5, 0.6) is 0 Å². The molecule has 0 aliphatic carbocycles. The summed E-state index contributed by atoms with van der Waals surface area (Å²) in [5, 5.41) is 9.38. The summed E-state index contributed by atoms with van der Waals surface area (Å²) in [6.07, 6.45) is 2.19. The van der Waals surface area contributed by atoms with Gasteiger partial charge in [0, 0.05) is 31.9 Å². The number of carbonyl (C=O) groups excluding carboxylic acids is 1. The zero-order valence-corrected chi connectivity index (χ0v) is 16.6. The molecule has 1 aromatic rings. The molecular formula is C20H29N3O4. The van der Waals surface area contributed by atoms with Gasteiger partial charge in [-0.15, -0.1) is 0 Å². The molecule has 3 rings (SSSR count). The van der Waals surface area contributed by atoms with Gasteiger partial charge in [0.1, 0.15) is 11.6 Å². The molecule has 7 heteroatoms. The number of hydrogen-bond donors (Lipinski definition) is 1. The normalized spacial score (nSPS) is 22.4. The highest BCUT2D eigenvalue weighted by Gasteiger charge is 2.47. The van der Waals surface area contributed by atoms with Crippen LogP contribution >= 0.6 is 0 Å². The smallest absolute Gasteiger partial charge is 0.320 e. The molecule has 1 unspecified atom stereocenters. The number of carboxylic acid groups (broad SMARTS) is 1. The van der Waals surface area contributed by atoms with Crippen LogP contribution in [0.4, 0.5) is 0 Å². The fraction of sp³-hybridized carbons (Fsp3) is 0.650. The number of aryl methyl sites for hydroxylation is 2. The molecule has 0 radical (unpaired) electrons. The van der Waals surface area contributed by atoms with Gasteiger partial charge >= 0.3 is 5.97 Å². The lowest BCUT2D eigenvalue weighted by Crippen LogP contribution is -2.46. The van der Waals surface area contributed by atoms with Crippen molar-refractivity contribution in [3.05, 3.63) is 33.2 Å². The van der Waals surface area contributed by atoms with E-state index in [2.05, 4.69) is 0 Å². The lowest BCUT2D eigenvalue weighted by molar-refractivity contribution is -0.141. The minimum Gasteiger partial charge on any atom is -0.480 e. The maximum absolute atomic E-state index is 13.1. The summed E-state index contributed by atoms with van der Waals surface area (Å²) < 4.78 is 1.63. The number of aliphatic carboxylic acids is 1. The van der Waals surface area contributed by atoms with E-state index >= 15 is 0 Å². The van der Waals surface area contributed by atoms with Crippen molar-refractivity contribution in [2.24, 2.45) is 5.41 Å². The first kappa shape index (κ1) is 19.6. The number of nitrogens with zero attached hydrogens (tertiary/aromatic N) is 3. The van der Waals surface area contributed by atoms with Gasteiger partial charge in [0.25, 0.3) is 11.5 Å². The van der Waals surface area contributed by atoms with Gasteiger partial charge in [-0.2, -0.15) is 0 Å². The van der Waals surface area contributed by atoms with E-state index in [0.29, 0.717) is 26.1 Å². The Morgan fingerprint density at radius 1 is 1.26 bits per heavy atom. The highest BCUT2D eigenvalue weighted by molar-refractivity contribution is 5.95. The predicted molar refractivity (Wildman–Crippen MR) is 102 cm³/mol. The zero-order valence-electron chi connectivity index (χ0n) is 16.6. The van der Waals surface area contributed by atoms with Crippen molar-refractivity contribution in [2.75, 3.05) is 26.7 Å². The molecule has 2 saturated heterocycles. The van der Waals surface area contributed by atoms with Crippen molar-refractivity contribution in [3.63, 3.8) is 0 Å². The van der Waals surface area contributed by atoms with E-state index in [1.165, 1.54) is 0 Å². The molecule has 1 aromatic heterocycles. The minimum atomic E-state index is -0.775. The number of carboxylic acids is 1. The Morgan fingerprint density at radius 3 is 2.41 bits per heavy atom. The van der Waals surface area contributed by atoms with Crippen molar-refractivity contribution in [1.29, 1.82) is 0 Å². The van der Waals surface area contributed by atoms with Crippen LogP contribution < -0.4 is 5.56 Å². The van der Waals surface area contributed by atoms with Gasteiger partial charge in [-0.1, -0.05) is 0 Å². The second kappa shape index (κ2) is 7.11. The monoisotopic (exact) mass is 375 g/mol. The molecule has 0 aromatic carbocycles. The molecular weight excluding hydrogens is 346 g/mol. The summed E-state index contributed by atoms with van der Waals surface area (Å²) in [6, 6.07) is 1.45. The number of carbonyl (C=O) groups is 2. The topological polar surface area (TPSA) is 82.8 Å². The Morgan fingerprint density at radius 2 is 1.89 bits per heavy atom. The Hall–Kier alpha value is -2.15. The minimum absolute atomic E-state index is 0.0411. The maximum atomic E-state index is 13.1. The zero-order chi connectivity index (χ0) is 19.9. The van der Waals surface area contributed by atoms with Gasteiger partial charge < -0.3 is 14.6 Å². The molecule has 148 valence electrons. The summed E-state index contributed by atoms with van der Waals surface area (Å²) in [7, 11) is 1.86. The maximum Gasteiger partial charge on any atom is 0.320 e. The standard InChI is InChI=1S/C20H29N3O4/c1-5-23-14(3)10-13(2)16(18(23)25)17(24)22-8-6-20(7-9-22)11-15(19(26)27)21(4)12-20/h10,15H,5-9,11-12H2,1-4H3,(H,26,27). The number of hydrogen-bond acceptors (Lipinski definition) is 4. The quantitative estimate of drug-likeness (QED) is 0.866. The third-order valence-corrected chi connectivity index (χ3v) is 6.37. The highest BCUT2D eigenvalue weighted by Crippen LogP contribution is 2.43. The van der Waals surface area contributed by atoms with E-state index in [-0.39, 0.29) is 22.4 Å². The van der Waals surface area contributed by atoms with E-state index in [9.17, 15) is 19.5 Å². The molecule has 1 spiro atoms. The average molecular weight is 375 g/mol. The summed E-state index contributed by atoms with van der Waals surface area (Å²) in [4.78, 5) is 40.9. The van der Waals surface area contributed by atoms with E-state index in [1.54, 1.807) is 9.47 Å². The lowest BCUT2D eigenvalue weighted by atomic mass is 9.76. The molecule has 1 N–H and O–H groups in total. The summed E-state index contributed by atoms with van der Waals surface area (Å²) in [5.41, 5.74) is 1.60. The Balaban J connectivity index is 1.77. The molecule has 3 heterocycles. The first-order chi connectivity index (χ1) is 12.7. The third-order valence-electron chi connectivity index (χ3n) is 6.37. The van der Waals surface area contributed by atoms with Gasteiger partial charge in [-0.05, 0) is 64.1 Å². The van der Waals surface area contributed by atoms with E-state index in [0.717, 1.165) is 30.6 Å². The number of piperidine rings is 1. The van der Waals surface area contributed by atoms with E-state index < -0.39 is 12.0 Å². The SMILES string of the molecule is CCn1c(C)cc(C)c(C(=O)N2CCC3(CC2)CC(C(=O)O)N(C)C3)c1=O. The van der Waals surface area contributed by atoms with Crippen LogP contribution in [0.1, 0.15) is 47.8 Å². The van der Waals surface area contributed by atoms with Crippen molar-refractivity contribution >= 4 is 11.9 Å². The van der Waals surface area contributed by atoms with Crippen LogP contribution in [0.2, 0.25) is 0 Å². The van der Waals surface area contributed by atoms with Crippen molar-refractivity contribution in [1.82, 2.24) is 14.4 Å². The van der Waals surface area contributed by atoms with Crippen LogP contribution in [0, 0.1) is 19.3 Å². The second-order valence-electron chi connectivity index (χ2n) is 8.16. The molecule has 0 saturated carbocycles. The van der Waals surface area contributed by atoms with Crippen LogP contribution in [0.3, 0.4) is 0 Å². The Labute approximate surface area is 159 Å². The number of aromatic nitrogens is 1. The van der Waals surface area contributed by atoms with Gasteiger partial charge in [-0.3, -0.25) is 19.3 Å². The molecule has 2 aliphatic rings. The average Bonchev–Trinajstić information content (AvgIpc) is 2.91. The van der Waals surface area contributed by atoms with Gasteiger partial charge in [-0.25, -0.2) is 0 Å². The predicted octanol–water partition coefficient (Wildman–Crippen LogP) is 1.50. The lowest BCUT2D eigenvalue weighted by Gasteiger charge is -2.39. The fourth-order valence-corrected chi connectivity index (χ4v) is 4.83. The molecule has 0 bridgehead atoms. The van der Waals surface area contributed by atoms with Crippen LogP contribution in [-0.4, -0.2) is 64.1 Å². The molecule has 27 heavy (non-hydrogen) atoms. The third kappa shape index (κ3) is 3.40. The van der Waals surface area contributed by atoms with Gasteiger partial charge in [0.05, 0.1) is 0 Å². The largest absolute Gasteiger partial charge is 0.480 e. The molecule has 1 atom stereocenters. The number of rotatable bonds is 3. The molecule has 2 aliphatic heterocycles. The molecule has 2 fully saturated rings. The number of likely N-dealkylation sites (N-methyl/N-ethyl adjacent to an activating group) is 1. The Bertz CT molecular complexity index is 821. The first-order valence-corrected chi connectivity index (χ1v) is 9.62. The van der Waals surface area contributed by atoms with Crippen molar-refractivity contribution in [2.45, 2.75) is 52.6 Å². The fourth-order valence-electron chi connectivity index (χ4n) is 4.83. The van der Waals surface area contributed by atoms with Crippen LogP contribution in [0.25, 0.3) is 0 Å². The first-order valence-electron chi connectivity index (χ1n) is 9.62. The van der Waals surface area contributed by atoms with Gasteiger partial charge in [0.15, 0.2) is 0 Å². The summed E-state index contributed by atoms with van der Waals surface area (Å²) >= 11 is 0. The number of amides is 1. The van der Waals surface area contributed by atoms with Gasteiger partial charge in [0.2, 0.25) is 0 Å². The molecule has 7 nitrogen and oxygen atoms in total. The van der Waals surface area contributed by atoms with Crippen LogP contribution in [-0.2, 0) is 11.3 Å². The highest BCUT2D eigenvalue weighted by atomic mass is 16.4. The van der Waals surface area contributed by atoms with Crippen molar-refractivity contribution in [3.8, 4) is 0 Å². The summed E-state index contributed by atoms with van der Waals surface area (Å²) in [6.45, 7) is 8.02. The summed E-state index contributed by atoms with van der Waals surface area (Å²) in [5.74, 6) is -0.973. The Kier molecular flexibility index (Phi) is 5.16.